The minimum atomic E-state index is -0.262. The van der Waals surface area contributed by atoms with Gasteiger partial charge in [0.15, 0.2) is 23.0 Å². The smallest absolute Gasteiger partial charge is 0.232 e. The van der Waals surface area contributed by atoms with E-state index in [4.69, 9.17) is 29.3 Å². The Morgan fingerprint density at radius 2 is 1.74 bits per heavy atom. The molecule has 0 spiro atoms. The molecule has 1 aromatic carbocycles. The topological polar surface area (TPSA) is 145 Å². The van der Waals surface area contributed by atoms with Gasteiger partial charge in [-0.25, -0.2) is 9.67 Å². The predicted molar refractivity (Wildman–Crippen MR) is 158 cm³/mol. The van der Waals surface area contributed by atoms with Crippen LogP contribution in [0.4, 0.5) is 17.6 Å². The Morgan fingerprint density at radius 3 is 2.40 bits per heavy atom. The van der Waals surface area contributed by atoms with Crippen LogP contribution in [0.1, 0.15) is 50.3 Å². The Hall–Kier alpha value is -4.10. The molecular weight excluding hydrogens is 540 g/mol. The molecule has 13 heteroatoms. The summed E-state index contributed by atoms with van der Waals surface area (Å²) >= 11 is 0. The number of imidazole rings is 1. The zero-order chi connectivity index (χ0) is 29.4. The molecule has 0 unspecified atom stereocenters. The summed E-state index contributed by atoms with van der Waals surface area (Å²) in [5.74, 6) is 3.31. The van der Waals surface area contributed by atoms with Crippen molar-refractivity contribution in [1.29, 1.82) is 0 Å². The van der Waals surface area contributed by atoms with Gasteiger partial charge in [0.05, 0.1) is 69.1 Å². The number of aliphatic hydroxyl groups is 2. The van der Waals surface area contributed by atoms with Crippen molar-refractivity contribution in [3.8, 4) is 22.9 Å². The quantitative estimate of drug-likeness (QED) is 0.268. The van der Waals surface area contributed by atoms with Crippen LogP contribution >= 0.6 is 0 Å². The number of hydrogen-bond donors (Lipinski definition) is 3. The fraction of sp³-hybridized carbons (Fsp3) is 0.517. The van der Waals surface area contributed by atoms with Crippen molar-refractivity contribution in [1.82, 2.24) is 29.3 Å². The van der Waals surface area contributed by atoms with Crippen molar-refractivity contribution in [3.05, 3.63) is 30.4 Å². The molecule has 13 nitrogen and oxygen atoms in total. The fourth-order valence-corrected chi connectivity index (χ4v) is 6.17. The first-order chi connectivity index (χ1) is 20.4. The highest BCUT2D eigenvalue weighted by Gasteiger charge is 2.31. The zero-order valence-electron chi connectivity index (χ0n) is 24.4. The summed E-state index contributed by atoms with van der Waals surface area (Å²) < 4.78 is 20.3. The van der Waals surface area contributed by atoms with Gasteiger partial charge in [0, 0.05) is 18.7 Å². The largest absolute Gasteiger partial charge is 0.493 e. The Morgan fingerprint density at radius 1 is 1.00 bits per heavy atom. The number of benzene rings is 1. The summed E-state index contributed by atoms with van der Waals surface area (Å²) in [7, 11) is 4.73. The minimum absolute atomic E-state index is 0.0113. The first-order valence-electron chi connectivity index (χ1n) is 14.4. The lowest BCUT2D eigenvalue weighted by Crippen LogP contribution is -2.33. The number of rotatable bonds is 9. The normalized spacial score (nSPS) is 20.7. The monoisotopic (exact) mass is 578 g/mol. The van der Waals surface area contributed by atoms with Gasteiger partial charge in [-0.2, -0.15) is 15.1 Å². The molecule has 4 heterocycles. The van der Waals surface area contributed by atoms with E-state index < -0.39 is 0 Å². The molecule has 3 aromatic heterocycles. The highest BCUT2D eigenvalue weighted by molar-refractivity contribution is 5.91. The van der Waals surface area contributed by atoms with Crippen LogP contribution in [0.2, 0.25) is 0 Å². The van der Waals surface area contributed by atoms with E-state index in [1.807, 2.05) is 34.5 Å². The molecule has 1 aliphatic carbocycles. The third-order valence-electron chi connectivity index (χ3n) is 8.35. The van der Waals surface area contributed by atoms with Crippen molar-refractivity contribution >= 4 is 28.6 Å². The van der Waals surface area contributed by atoms with E-state index in [1.54, 1.807) is 27.7 Å². The van der Waals surface area contributed by atoms with E-state index >= 15 is 0 Å². The summed E-state index contributed by atoms with van der Waals surface area (Å²) in [6.45, 7) is 2.84. The second-order valence-electron chi connectivity index (χ2n) is 10.9. The Labute approximate surface area is 244 Å². The van der Waals surface area contributed by atoms with Gasteiger partial charge in [0.1, 0.15) is 12.1 Å². The average molecular weight is 579 g/mol. The van der Waals surface area contributed by atoms with Crippen molar-refractivity contribution in [2.24, 2.45) is 0 Å². The van der Waals surface area contributed by atoms with Gasteiger partial charge in [-0.05, 0) is 45.4 Å². The van der Waals surface area contributed by atoms with Gasteiger partial charge in [0.2, 0.25) is 11.7 Å². The zero-order valence-corrected chi connectivity index (χ0v) is 24.4. The van der Waals surface area contributed by atoms with Crippen molar-refractivity contribution in [2.45, 2.75) is 63.6 Å². The molecule has 224 valence electrons. The molecule has 6 rings (SSSR count). The van der Waals surface area contributed by atoms with Crippen LogP contribution in [-0.2, 0) is 0 Å². The molecule has 3 N–H and O–H groups in total. The molecule has 42 heavy (non-hydrogen) atoms. The molecule has 0 amide bonds. The Bertz CT molecular complexity index is 1540. The molecule has 0 radical (unpaired) electrons. The number of aryl methyl sites for hydroxylation is 1. The summed E-state index contributed by atoms with van der Waals surface area (Å²) in [5, 5.41) is 29.3. The molecule has 2 aliphatic rings. The van der Waals surface area contributed by atoms with Gasteiger partial charge < -0.3 is 39.2 Å². The molecule has 2 fully saturated rings. The lowest BCUT2D eigenvalue weighted by molar-refractivity contribution is 0.109. The third kappa shape index (κ3) is 5.07. The molecule has 1 saturated carbocycles. The van der Waals surface area contributed by atoms with Gasteiger partial charge in [0.25, 0.3) is 0 Å². The number of nitrogens with zero attached hydrogens (tertiary/aromatic N) is 7. The van der Waals surface area contributed by atoms with Crippen LogP contribution in [0.5, 0.6) is 17.2 Å². The minimum Gasteiger partial charge on any atom is -0.493 e. The Balaban J connectivity index is 1.39. The second kappa shape index (κ2) is 11.6. The maximum atomic E-state index is 10.1. The first-order valence-corrected chi connectivity index (χ1v) is 14.4. The van der Waals surface area contributed by atoms with Crippen LogP contribution < -0.4 is 24.4 Å². The fourth-order valence-electron chi connectivity index (χ4n) is 6.17. The number of fused-ring (bicyclic) bond motifs is 1. The maximum Gasteiger partial charge on any atom is 0.232 e. The lowest BCUT2D eigenvalue weighted by atomic mass is 9.93. The molecule has 0 bridgehead atoms. The molecule has 1 saturated heterocycles. The number of aromatic nitrogens is 6. The highest BCUT2D eigenvalue weighted by Crippen LogP contribution is 2.40. The molecular formula is C29H38N8O5. The predicted octanol–water partition coefficient (Wildman–Crippen LogP) is 3.53. The number of nitrogens with one attached hydrogen (secondary N) is 1. The third-order valence-corrected chi connectivity index (χ3v) is 8.35. The SMILES string of the molecule is COc1cc(-n2cnc(Nc3nc(N4CCC[C@H]4CO)c4c(C)nn([C@H]5CC[C@@H](O)CC5)c4n3)c2)cc(OC)c1OC. The van der Waals surface area contributed by atoms with E-state index in [0.29, 0.717) is 29.0 Å². The van der Waals surface area contributed by atoms with Gasteiger partial charge >= 0.3 is 0 Å². The standard InChI is InChI=1S/C29H38N8O5/c1-17-25-27(36-11-5-6-19(36)15-38)32-29(33-28(25)37(34-17)18-7-9-21(39)10-8-18)31-24-14-35(16-30-24)20-12-22(40-2)26(42-4)23(13-20)41-3/h12-14,16,18-19,21,38-39H,5-11,15H2,1-4H3,(H,31,32,33)/t18-,19-,21+/m0/s1. The van der Waals surface area contributed by atoms with E-state index in [2.05, 4.69) is 15.2 Å². The van der Waals surface area contributed by atoms with Crippen molar-refractivity contribution in [2.75, 3.05) is 44.7 Å². The maximum absolute atomic E-state index is 10.1. The van der Waals surface area contributed by atoms with Gasteiger partial charge in [-0.1, -0.05) is 0 Å². The molecule has 1 aliphatic heterocycles. The van der Waals surface area contributed by atoms with E-state index in [1.165, 1.54) is 0 Å². The van der Waals surface area contributed by atoms with Gasteiger partial charge in [-0.15, -0.1) is 0 Å². The van der Waals surface area contributed by atoms with Crippen molar-refractivity contribution < 1.29 is 24.4 Å². The van der Waals surface area contributed by atoms with Crippen LogP contribution in [0.15, 0.2) is 24.7 Å². The van der Waals surface area contributed by atoms with Crippen LogP contribution in [0.3, 0.4) is 0 Å². The highest BCUT2D eigenvalue weighted by atomic mass is 16.5. The van der Waals surface area contributed by atoms with Crippen LogP contribution in [0, 0.1) is 6.92 Å². The summed E-state index contributed by atoms with van der Waals surface area (Å²) in [4.78, 5) is 16.6. The first kappa shape index (κ1) is 28.0. The van der Waals surface area contributed by atoms with E-state index in [9.17, 15) is 10.2 Å². The summed E-state index contributed by atoms with van der Waals surface area (Å²) in [5.41, 5.74) is 2.38. The summed E-state index contributed by atoms with van der Waals surface area (Å²) in [6, 6.07) is 3.82. The van der Waals surface area contributed by atoms with Crippen LogP contribution in [-0.4, -0.2) is 86.1 Å². The average Bonchev–Trinajstić information content (AvgIpc) is 3.75. The lowest BCUT2D eigenvalue weighted by Gasteiger charge is -2.27. The number of hydrogen-bond acceptors (Lipinski definition) is 11. The summed E-state index contributed by atoms with van der Waals surface area (Å²) in [6.07, 6.45) is 8.30. The van der Waals surface area contributed by atoms with E-state index in [-0.39, 0.29) is 24.8 Å². The van der Waals surface area contributed by atoms with Crippen LogP contribution in [0.25, 0.3) is 16.7 Å². The number of aliphatic hydroxyl groups excluding tert-OH is 2. The number of anilines is 3. The molecule has 1 atom stereocenters. The van der Waals surface area contributed by atoms with E-state index in [0.717, 1.165) is 73.3 Å². The Kier molecular flexibility index (Phi) is 7.78. The second-order valence-corrected chi connectivity index (χ2v) is 10.9. The van der Waals surface area contributed by atoms with Gasteiger partial charge in [-0.3, -0.25) is 0 Å². The molecule has 4 aromatic rings. The van der Waals surface area contributed by atoms with Crippen molar-refractivity contribution in [3.63, 3.8) is 0 Å². The number of ether oxygens (including phenoxy) is 3. The number of methoxy groups -OCH3 is 3.